The first-order chi connectivity index (χ1) is 40.1. The molecule has 5 N–H and O–H groups in total. The summed E-state index contributed by atoms with van der Waals surface area (Å²) in [6, 6.07) is 41.0. The van der Waals surface area contributed by atoms with E-state index >= 15 is 0 Å². The van der Waals surface area contributed by atoms with Gasteiger partial charge < -0.3 is 39.3 Å². The van der Waals surface area contributed by atoms with Gasteiger partial charge in [-0.15, -0.1) is 23.2 Å². The van der Waals surface area contributed by atoms with Crippen molar-refractivity contribution < 1.29 is 48.1 Å². The van der Waals surface area contributed by atoms with Gasteiger partial charge in [0.25, 0.3) is 0 Å². The summed E-state index contributed by atoms with van der Waals surface area (Å²) in [6.07, 6.45) is 11.2. The summed E-state index contributed by atoms with van der Waals surface area (Å²) < 4.78 is 14.5. The molecule has 0 saturated heterocycles. The first-order valence-corrected chi connectivity index (χ1v) is 33.2. The number of aromatic carboxylic acids is 1. The number of halogens is 6. The molecule has 448 valence electrons. The van der Waals surface area contributed by atoms with E-state index in [-0.39, 0.29) is 34.0 Å². The Bertz CT molecular complexity index is 3230. The largest absolute Gasteiger partial charge is 0.643 e. The number of rotatable bonds is 18. The highest BCUT2D eigenvalue weighted by atomic mass is 35.8. The maximum absolute atomic E-state index is 12.1. The molecule has 4 aromatic heterocycles. The van der Waals surface area contributed by atoms with E-state index in [0.29, 0.717) is 55.3 Å². The minimum absolute atomic E-state index is 0.0256. The van der Waals surface area contributed by atoms with Crippen molar-refractivity contribution in [3.05, 3.63) is 236 Å². The summed E-state index contributed by atoms with van der Waals surface area (Å²) in [6.45, 7) is 14.6. The average Bonchev–Trinajstić information content (AvgIpc) is 4.32. The number of carboxylic acid groups (broad SMARTS) is 1. The summed E-state index contributed by atoms with van der Waals surface area (Å²) in [4.78, 5) is 78.5. The van der Waals surface area contributed by atoms with Gasteiger partial charge in [-0.1, -0.05) is 119 Å². The van der Waals surface area contributed by atoms with Crippen molar-refractivity contribution >= 4 is 111 Å². The van der Waals surface area contributed by atoms with Crippen LogP contribution in [0.2, 0.25) is 0 Å². The highest BCUT2D eigenvalue weighted by molar-refractivity contribution is 7.54. The van der Waals surface area contributed by atoms with E-state index < -0.39 is 23.3 Å². The number of nitrogens with one attached hydrogen (secondary N) is 4. The van der Waals surface area contributed by atoms with Crippen molar-refractivity contribution in [2.45, 2.75) is 87.0 Å². The van der Waals surface area contributed by atoms with E-state index in [4.69, 9.17) is 84.3 Å². The number of alkyl halides is 2. The minimum atomic E-state index is -1.72. The smallest absolute Gasteiger partial charge is 0.477 e. The molecule has 0 spiro atoms. The van der Waals surface area contributed by atoms with Gasteiger partial charge >= 0.3 is 35.3 Å². The van der Waals surface area contributed by atoms with Crippen LogP contribution in [0.25, 0.3) is 0 Å². The Morgan fingerprint density at radius 1 is 0.452 bits per heavy atom. The number of benzene rings is 4. The molecular weight excluding hydrogens is 1210 g/mol. The highest BCUT2D eigenvalue weighted by Crippen LogP contribution is 2.15. The van der Waals surface area contributed by atoms with Crippen LogP contribution in [0, 0.1) is 27.7 Å². The standard InChI is InChI=1S/C16H17NO3.C16H19NO2.C14H15NO2.C9H9ClO.C7H9NO2.CH2Cl2.Al.3ClH/c1-3-20-16(19)14-9-13(10-17-14)15(18)8-12-6-4-5-11(2)7-12;1-3-19-16(18)15-10-14(11-17-15)8-7-13-6-4-5-12(2)9-13;1-10-3-2-4-11(7-10)5-6-12-8-13(14(16)17)15-9-12;1-7-3-2-4-8(5-7)6-9(10)11;1-2-10-7(9)6-4-3-5-8-6;2-1-3;;;;/h4-7,9-10,17H,3,8H2,1-2H3;4-6,9-11,17H,3,7-8H2,1-2H3;2-4,7-9,15H,5-6H2,1H3,(H,16,17);2-5H,6H2,1H3;3-5,8H,2H2,1H3;1H2;;3*1H/q;;;;;;+3;;;/p-3. The van der Waals surface area contributed by atoms with Gasteiger partial charge in [-0.25, -0.2) is 49.3 Å². The predicted molar refractivity (Wildman–Crippen MR) is 340 cm³/mol. The Balaban J connectivity index is 0.000000355. The van der Waals surface area contributed by atoms with Gasteiger partial charge in [0.1, 0.15) is 22.8 Å². The number of ether oxygens (including phenoxy) is 3. The molecule has 0 saturated carbocycles. The summed E-state index contributed by atoms with van der Waals surface area (Å²) in [5.41, 5.74) is 13.6. The third-order valence-corrected chi connectivity index (χ3v) is 11.4. The van der Waals surface area contributed by atoms with Gasteiger partial charge in [0.2, 0.25) is 5.24 Å². The number of aromatic amines is 4. The number of carbonyl (C=O) groups is 6. The van der Waals surface area contributed by atoms with E-state index in [1.54, 1.807) is 57.6 Å². The van der Waals surface area contributed by atoms with Crippen LogP contribution in [0.5, 0.6) is 0 Å². The zero-order valence-corrected chi connectivity index (χ0v) is 53.7. The first kappa shape index (κ1) is 73.6. The number of aryl methyl sites for hydroxylation is 8. The quantitative estimate of drug-likeness (QED) is 0.0137. The van der Waals surface area contributed by atoms with Gasteiger partial charge in [-0.05, 0) is 149 Å². The van der Waals surface area contributed by atoms with Crippen LogP contribution >= 0.6 is 65.0 Å². The first-order valence-electron chi connectivity index (χ1n) is 26.5. The Morgan fingerprint density at radius 3 is 1.19 bits per heavy atom. The summed E-state index contributed by atoms with van der Waals surface area (Å²) in [5.74, 6) is -1.96. The molecule has 0 aliphatic rings. The highest BCUT2D eigenvalue weighted by Gasteiger charge is 2.15. The van der Waals surface area contributed by atoms with E-state index in [9.17, 15) is 28.8 Å². The van der Waals surface area contributed by atoms with Crippen LogP contribution in [-0.2, 0) is 57.5 Å². The summed E-state index contributed by atoms with van der Waals surface area (Å²) in [5, 5.41) is 8.67. The normalized spacial score (nSPS) is 9.82. The van der Waals surface area contributed by atoms with Crippen LogP contribution in [0.3, 0.4) is 0 Å². The lowest BCUT2D eigenvalue weighted by atomic mass is 10.0. The molecule has 84 heavy (non-hydrogen) atoms. The number of Topliss-reactive ketones (excluding diaryl/α,β-unsaturated/α-hetero) is 1. The zero-order chi connectivity index (χ0) is 62.4. The Morgan fingerprint density at radius 2 is 0.810 bits per heavy atom. The number of carbonyl (C=O) groups excluding carboxylic acids is 5. The van der Waals surface area contributed by atoms with Crippen molar-refractivity contribution in [1.82, 2.24) is 19.9 Å². The number of hydrogen-bond acceptors (Lipinski definition) is 9. The number of esters is 3. The predicted octanol–water partition coefficient (Wildman–Crippen LogP) is 15.6. The van der Waals surface area contributed by atoms with E-state index in [1.165, 1.54) is 28.3 Å². The molecule has 8 aromatic rings. The fourth-order valence-electron chi connectivity index (χ4n) is 7.57. The van der Waals surface area contributed by atoms with Crippen molar-refractivity contribution in [1.29, 1.82) is 0 Å². The monoisotopic (exact) mass is 1280 g/mol. The maximum Gasteiger partial charge on any atom is 0.643 e. The van der Waals surface area contributed by atoms with Crippen LogP contribution in [-0.4, -0.2) is 96.5 Å². The topological polar surface area (TPSA) is 213 Å². The zero-order valence-electron chi connectivity index (χ0n) is 48.0. The van der Waals surface area contributed by atoms with Gasteiger partial charge in [-0.3, -0.25) is 9.59 Å². The third-order valence-electron chi connectivity index (χ3n) is 11.2. The Labute approximate surface area is 523 Å². The second-order valence-electron chi connectivity index (χ2n) is 18.1. The molecule has 0 fully saturated rings. The van der Waals surface area contributed by atoms with Gasteiger partial charge in [0.15, 0.2) is 5.78 Å². The molecule has 0 amide bonds. The lowest BCUT2D eigenvalue weighted by Crippen LogP contribution is -2.05. The molecular formula is C63H71AlCl6N4O10. The van der Waals surface area contributed by atoms with Crippen LogP contribution < -0.4 is 0 Å². The molecule has 0 atom stereocenters. The fraction of sp³-hybridized carbons (Fsp3) is 0.270. The van der Waals surface area contributed by atoms with Gasteiger partial charge in [-0.2, -0.15) is 0 Å². The molecule has 14 nitrogen and oxygen atoms in total. The molecule has 0 unspecified atom stereocenters. The van der Waals surface area contributed by atoms with E-state index in [2.05, 4.69) is 76.2 Å². The number of carboxylic acids is 1. The average molecular weight is 1280 g/mol. The molecule has 21 heteroatoms. The van der Waals surface area contributed by atoms with Crippen LogP contribution in [0.1, 0.15) is 129 Å². The maximum atomic E-state index is 12.1. The van der Waals surface area contributed by atoms with Gasteiger partial charge in [0.05, 0.1) is 25.2 Å². The van der Waals surface area contributed by atoms with Crippen LogP contribution in [0.15, 0.2) is 152 Å². The van der Waals surface area contributed by atoms with Crippen molar-refractivity contribution in [3.8, 4) is 0 Å². The lowest BCUT2D eigenvalue weighted by Gasteiger charge is -2.01. The number of ketones is 1. The molecule has 0 aliphatic carbocycles. The number of aromatic nitrogens is 4. The second kappa shape index (κ2) is 42.3. The SMILES string of the molecule is CCOC(=O)c1cc(C(=O)Cc2cccc(C)c2)c[nH]1.CCOC(=O)c1cc(CCc2cccc(C)c2)c[nH]1.CCOC(=O)c1ccc[nH]1.Cc1cccc(CC(=O)Cl)c1.Cc1cccc(CCc2c[nH]c(C(=O)O)c2)c1.ClCCl.[Cl][Al]([Cl])[Cl]. The van der Waals surface area contributed by atoms with E-state index in [1.807, 2.05) is 80.7 Å². The molecule has 0 aliphatic heterocycles. The molecule has 4 heterocycles. The Kier molecular flexibility index (Phi) is 37.1. The number of H-pyrrole nitrogens is 4. The van der Waals surface area contributed by atoms with E-state index in [0.717, 1.165) is 59.1 Å². The second-order valence-corrected chi connectivity index (χ2v) is 25.8. The Hall–Kier alpha value is -6.51. The molecule has 0 radical (unpaired) electrons. The van der Waals surface area contributed by atoms with Crippen molar-refractivity contribution in [2.24, 2.45) is 0 Å². The number of hydrogen-bond donors (Lipinski definition) is 5. The summed E-state index contributed by atoms with van der Waals surface area (Å²) in [7, 11) is 14.8. The summed E-state index contributed by atoms with van der Waals surface area (Å²) >= 11 is 13.0. The van der Waals surface area contributed by atoms with Gasteiger partial charge in [0, 0.05) is 43.2 Å². The fourth-order valence-corrected chi connectivity index (χ4v) is 7.72. The third kappa shape index (κ3) is 32.0. The minimum Gasteiger partial charge on any atom is -0.477 e. The molecule has 8 rings (SSSR count). The van der Waals surface area contributed by atoms with Crippen LogP contribution in [0.4, 0.5) is 0 Å². The van der Waals surface area contributed by atoms with Crippen molar-refractivity contribution in [2.75, 3.05) is 25.2 Å². The molecule has 4 aromatic carbocycles. The lowest BCUT2D eigenvalue weighted by molar-refractivity contribution is -0.111. The van der Waals surface area contributed by atoms with Crippen molar-refractivity contribution in [3.63, 3.8) is 0 Å². The molecule has 0 bridgehead atoms.